The van der Waals surface area contributed by atoms with Crippen LogP contribution in [0.4, 0.5) is 0 Å². The molecule has 0 spiro atoms. The number of benzene rings is 3. The summed E-state index contributed by atoms with van der Waals surface area (Å²) in [6.07, 6.45) is 1.86. The second-order valence-corrected chi connectivity index (χ2v) is 12.3. The van der Waals surface area contributed by atoms with E-state index in [0.717, 1.165) is 18.9 Å². The lowest BCUT2D eigenvalue weighted by Crippen LogP contribution is -2.70. The maximum Gasteiger partial charge on any atom is 0.216 e. The Hall–Kier alpha value is -2.69. The molecule has 3 rings (SSSR count). The van der Waals surface area contributed by atoms with Gasteiger partial charge >= 0.3 is 0 Å². The van der Waals surface area contributed by atoms with E-state index < -0.39 is 8.07 Å². The van der Waals surface area contributed by atoms with Gasteiger partial charge in [-0.3, -0.25) is 4.79 Å². The highest BCUT2D eigenvalue weighted by atomic mass is 28.3. The molecule has 0 saturated carbocycles. The minimum atomic E-state index is -2.28. The zero-order valence-corrected chi connectivity index (χ0v) is 19.6. The molecule has 31 heavy (non-hydrogen) atoms. The first-order valence-corrected chi connectivity index (χ1v) is 13.4. The van der Waals surface area contributed by atoms with Crippen LogP contribution in [0.1, 0.15) is 32.3 Å². The minimum Gasteiger partial charge on any atom is -0.377 e. The first-order valence-electron chi connectivity index (χ1n) is 11.2. The van der Waals surface area contributed by atoms with Gasteiger partial charge in [-0.1, -0.05) is 108 Å². The summed E-state index contributed by atoms with van der Waals surface area (Å²) in [5, 5.41) is 6.05. The average Bonchev–Trinajstić information content (AvgIpc) is 2.82. The molecule has 1 atom stereocenters. The number of amides is 1. The summed E-state index contributed by atoms with van der Waals surface area (Å²) in [5.41, 5.74) is 1.32. The molecule has 0 aliphatic rings. The number of nitrogens with one attached hydrogen (secondary N) is 1. The van der Waals surface area contributed by atoms with Gasteiger partial charge in [0.15, 0.2) is 0 Å². The topological polar surface area (TPSA) is 38.3 Å². The number of hydrogen-bond acceptors (Lipinski definition) is 2. The van der Waals surface area contributed by atoms with Crippen molar-refractivity contribution in [1.29, 1.82) is 0 Å². The van der Waals surface area contributed by atoms with Crippen LogP contribution in [-0.2, 0) is 16.1 Å². The quantitative estimate of drug-likeness (QED) is 0.363. The van der Waals surface area contributed by atoms with Crippen LogP contribution >= 0.6 is 0 Å². The number of ether oxygens (including phenoxy) is 1. The Morgan fingerprint density at radius 2 is 1.39 bits per heavy atom. The first kappa shape index (κ1) is 23.0. The van der Waals surface area contributed by atoms with Crippen molar-refractivity contribution < 1.29 is 9.53 Å². The van der Waals surface area contributed by atoms with Crippen molar-refractivity contribution in [2.24, 2.45) is 0 Å². The van der Waals surface area contributed by atoms with E-state index in [-0.39, 0.29) is 11.6 Å². The van der Waals surface area contributed by atoms with Gasteiger partial charge in [0.1, 0.15) is 8.07 Å². The lowest BCUT2D eigenvalue weighted by Gasteiger charge is -2.40. The Morgan fingerprint density at radius 1 is 0.871 bits per heavy atom. The van der Waals surface area contributed by atoms with Gasteiger partial charge in [0.2, 0.25) is 5.91 Å². The van der Waals surface area contributed by atoms with Crippen LogP contribution in [0.3, 0.4) is 0 Å². The summed E-state index contributed by atoms with van der Waals surface area (Å²) in [6, 6.07) is 32.9. The van der Waals surface area contributed by atoms with Gasteiger partial charge in [-0.25, -0.2) is 0 Å². The number of hydrogen-bond donors (Lipinski definition) is 1. The van der Waals surface area contributed by atoms with Crippen molar-refractivity contribution in [3.63, 3.8) is 0 Å². The predicted octanol–water partition coefficient (Wildman–Crippen LogP) is 4.31. The standard InChI is InChI=1S/C27H33NO2Si/c1-3-27(28-23(2)29)31(25-16-9-5-10-17-25,26-18-11-6-12-19-26)21-13-20-30-22-24-14-7-4-8-15-24/h4-12,14-19,27H,3,13,20-22H2,1-2H3,(H,28,29). The maximum absolute atomic E-state index is 12.1. The van der Waals surface area contributed by atoms with Crippen LogP contribution in [0.25, 0.3) is 0 Å². The summed E-state index contributed by atoms with van der Waals surface area (Å²) in [6.45, 7) is 5.15. The second kappa shape index (κ2) is 11.6. The molecule has 0 bridgehead atoms. The van der Waals surface area contributed by atoms with E-state index >= 15 is 0 Å². The monoisotopic (exact) mass is 431 g/mol. The Balaban J connectivity index is 1.87. The van der Waals surface area contributed by atoms with Crippen LogP contribution in [-0.4, -0.2) is 26.3 Å². The smallest absolute Gasteiger partial charge is 0.216 e. The average molecular weight is 432 g/mol. The Labute approximate surface area is 187 Å². The molecular weight excluding hydrogens is 398 g/mol. The molecule has 4 heteroatoms. The largest absolute Gasteiger partial charge is 0.377 e. The molecule has 1 unspecified atom stereocenters. The fraction of sp³-hybridized carbons (Fsp3) is 0.296. The van der Waals surface area contributed by atoms with Gasteiger partial charge in [-0.15, -0.1) is 0 Å². The van der Waals surface area contributed by atoms with Gasteiger partial charge < -0.3 is 10.1 Å². The fourth-order valence-corrected chi connectivity index (χ4v) is 10.0. The molecular formula is C27H33NO2Si. The molecule has 0 fully saturated rings. The molecule has 162 valence electrons. The Morgan fingerprint density at radius 3 is 1.87 bits per heavy atom. The lowest BCUT2D eigenvalue weighted by atomic mass is 10.2. The molecule has 3 aromatic rings. The Kier molecular flexibility index (Phi) is 8.62. The van der Waals surface area contributed by atoms with Crippen LogP contribution < -0.4 is 15.7 Å². The number of carbonyl (C=O) groups is 1. The first-order chi connectivity index (χ1) is 15.2. The molecule has 1 N–H and O–H groups in total. The molecule has 0 saturated heterocycles. The fourth-order valence-electron chi connectivity index (χ4n) is 4.54. The lowest BCUT2D eigenvalue weighted by molar-refractivity contribution is -0.119. The van der Waals surface area contributed by atoms with Gasteiger partial charge in [-0.05, 0) is 24.4 Å². The van der Waals surface area contributed by atoms with Crippen molar-refractivity contribution in [3.8, 4) is 0 Å². The van der Waals surface area contributed by atoms with Crippen LogP contribution in [0.15, 0.2) is 91.0 Å². The second-order valence-electron chi connectivity index (χ2n) is 8.01. The van der Waals surface area contributed by atoms with E-state index in [4.69, 9.17) is 4.74 Å². The van der Waals surface area contributed by atoms with Gasteiger partial charge in [0.25, 0.3) is 0 Å². The molecule has 0 aliphatic heterocycles. The predicted molar refractivity (Wildman–Crippen MR) is 131 cm³/mol. The molecule has 0 aromatic heterocycles. The van der Waals surface area contributed by atoms with Crippen molar-refractivity contribution in [1.82, 2.24) is 5.32 Å². The van der Waals surface area contributed by atoms with E-state index in [0.29, 0.717) is 13.2 Å². The minimum absolute atomic E-state index is 0.0379. The van der Waals surface area contributed by atoms with E-state index in [1.54, 1.807) is 6.92 Å². The molecule has 1 amide bonds. The summed E-state index contributed by atoms with van der Waals surface area (Å²) in [4.78, 5) is 12.1. The SMILES string of the molecule is CCC(NC(C)=O)[Si](CCCOCc1ccccc1)(c1ccccc1)c1ccccc1. The number of rotatable bonds is 11. The van der Waals surface area contributed by atoms with Gasteiger partial charge in [0, 0.05) is 19.2 Å². The maximum atomic E-state index is 12.1. The van der Waals surface area contributed by atoms with E-state index in [1.807, 2.05) is 18.2 Å². The van der Waals surface area contributed by atoms with Crippen molar-refractivity contribution in [3.05, 3.63) is 96.6 Å². The van der Waals surface area contributed by atoms with E-state index in [1.165, 1.54) is 15.9 Å². The third-order valence-electron chi connectivity index (χ3n) is 5.93. The normalized spacial score (nSPS) is 12.3. The zero-order chi connectivity index (χ0) is 21.9. The third kappa shape index (κ3) is 5.93. The summed E-state index contributed by atoms with van der Waals surface area (Å²) in [7, 11) is -2.28. The van der Waals surface area contributed by atoms with Crippen LogP contribution in [0, 0.1) is 0 Å². The highest BCUT2D eigenvalue weighted by molar-refractivity contribution is 7.03. The van der Waals surface area contributed by atoms with Crippen LogP contribution in [0.5, 0.6) is 0 Å². The van der Waals surface area contributed by atoms with Crippen molar-refractivity contribution >= 4 is 24.4 Å². The molecule has 0 aliphatic carbocycles. The van der Waals surface area contributed by atoms with Gasteiger partial charge in [0.05, 0.1) is 6.61 Å². The summed E-state index contributed by atoms with van der Waals surface area (Å²) in [5.74, 6) is 0.0379. The summed E-state index contributed by atoms with van der Waals surface area (Å²) >= 11 is 0. The number of carbonyl (C=O) groups excluding carboxylic acids is 1. The van der Waals surface area contributed by atoms with Crippen molar-refractivity contribution in [2.75, 3.05) is 6.61 Å². The highest BCUT2D eigenvalue weighted by Crippen LogP contribution is 2.21. The zero-order valence-electron chi connectivity index (χ0n) is 18.6. The third-order valence-corrected chi connectivity index (χ3v) is 11.5. The van der Waals surface area contributed by atoms with Gasteiger partial charge in [-0.2, -0.15) is 0 Å². The van der Waals surface area contributed by atoms with E-state index in [9.17, 15) is 4.79 Å². The molecule has 0 heterocycles. The Bertz CT molecular complexity index is 876. The van der Waals surface area contributed by atoms with E-state index in [2.05, 4.69) is 85.0 Å². The summed E-state index contributed by atoms with van der Waals surface area (Å²) < 4.78 is 6.02. The molecule has 0 radical (unpaired) electrons. The van der Waals surface area contributed by atoms with Crippen molar-refractivity contribution in [2.45, 2.75) is 45.0 Å². The molecule has 3 aromatic carbocycles. The highest BCUT2D eigenvalue weighted by Gasteiger charge is 2.43. The van der Waals surface area contributed by atoms with Crippen LogP contribution in [0.2, 0.25) is 6.04 Å². The molecule has 3 nitrogen and oxygen atoms in total.